The van der Waals surface area contributed by atoms with Gasteiger partial charge in [0.15, 0.2) is 0 Å². The van der Waals surface area contributed by atoms with Gasteiger partial charge in [-0.25, -0.2) is 27.9 Å². The van der Waals surface area contributed by atoms with Crippen LogP contribution in [0.25, 0.3) is 0 Å². The predicted octanol–water partition coefficient (Wildman–Crippen LogP) is 5.22. The molecular weight excluding hydrogens is 864 g/mol. The molecule has 0 spiro atoms. The number of nitrogens with two attached hydrogens (primary N) is 1. The minimum Gasteiger partial charge on any atom is -0.467 e. The molecule has 3 aromatic rings. The van der Waals surface area contributed by atoms with Crippen molar-refractivity contribution in [1.82, 2.24) is 15.1 Å². The molecule has 1 aliphatic rings. The molecule has 16 nitrogen and oxygen atoms in total. The van der Waals surface area contributed by atoms with Gasteiger partial charge in [0.1, 0.15) is 35.4 Å². The van der Waals surface area contributed by atoms with Gasteiger partial charge < -0.3 is 34.2 Å². The van der Waals surface area contributed by atoms with Gasteiger partial charge in [0, 0.05) is 24.7 Å². The Hall–Kier alpha value is -4.26. The molecule has 1 saturated heterocycles. The summed E-state index contributed by atoms with van der Waals surface area (Å²) in [6.45, 7) is 3.46. The molecule has 0 bridgehead atoms. The van der Waals surface area contributed by atoms with Gasteiger partial charge >= 0.3 is 18.0 Å². The summed E-state index contributed by atoms with van der Waals surface area (Å²) in [6, 6.07) is 9.55. The van der Waals surface area contributed by atoms with Gasteiger partial charge in [0.2, 0.25) is 19.7 Å². The van der Waals surface area contributed by atoms with Crippen LogP contribution in [0.1, 0.15) is 55.3 Å². The third kappa shape index (κ3) is 12.6. The number of primary sulfonamides is 1. The van der Waals surface area contributed by atoms with Crippen molar-refractivity contribution in [2.24, 2.45) is 5.14 Å². The zero-order chi connectivity index (χ0) is 42.8. The van der Waals surface area contributed by atoms with Crippen LogP contribution < -0.4 is 15.8 Å². The number of carbonyl (C=O) groups excluding carboxylic acids is 5. The van der Waals surface area contributed by atoms with Crippen molar-refractivity contribution in [2.75, 3.05) is 31.7 Å². The first-order valence-electron chi connectivity index (χ1n) is 18.0. The lowest BCUT2D eigenvalue weighted by molar-refractivity contribution is -0.157. The second kappa shape index (κ2) is 20.6. The minimum absolute atomic E-state index is 0.0127. The van der Waals surface area contributed by atoms with E-state index in [0.29, 0.717) is 5.76 Å². The summed E-state index contributed by atoms with van der Waals surface area (Å²) < 4.78 is 43.9. The Morgan fingerprint density at radius 1 is 1.02 bits per heavy atom. The van der Waals surface area contributed by atoms with Crippen molar-refractivity contribution >= 4 is 92.0 Å². The van der Waals surface area contributed by atoms with E-state index in [4.69, 9.17) is 70.2 Å². The molecule has 0 radical (unpaired) electrons. The molecule has 4 N–H and O–H groups in total. The number of hydrogen-bond acceptors (Lipinski definition) is 12. The van der Waals surface area contributed by atoms with Crippen molar-refractivity contribution in [3.63, 3.8) is 0 Å². The number of halogens is 4. The molecule has 1 fully saturated rings. The highest BCUT2D eigenvalue weighted by atomic mass is 35.6. The van der Waals surface area contributed by atoms with E-state index in [-0.39, 0.29) is 61.8 Å². The Labute approximate surface area is 355 Å². The number of esters is 2. The molecule has 1 aromatic heterocycles. The Bertz CT molecular complexity index is 2040. The third-order valence-corrected chi connectivity index (χ3v) is 10.6. The number of furan rings is 1. The van der Waals surface area contributed by atoms with E-state index >= 15 is 0 Å². The maximum Gasteiger partial charge on any atom is 0.411 e. The fourth-order valence-corrected chi connectivity index (χ4v) is 7.56. The standard InChI is InChI=1S/C37H43Cl4N5O11S/c1-4-54-34(49)29(14-13-23-10-7-6-8-11-23)46(36(51)57-21-37(39,40)41)22(3)33(48)45-20-24(16-30(45)35(50)55-5-2)44-32(47)26-17-31(58(42,52)53)27(38)18-28(26)43-19-25-12-9-15-56-25/h6-12,15,17-18,22,24,29-30,43H,4-5,13-14,16,19-21H2,1-3H3,(H,44,47)(H2,42,52,53)/t22-,24-,29-,30-/m0/s1. The van der Waals surface area contributed by atoms with Crippen molar-refractivity contribution in [3.05, 3.63) is 82.8 Å². The molecule has 4 rings (SSSR count). The molecule has 3 amide bonds. The second-order valence-corrected chi connectivity index (χ2v) is 17.5. The lowest BCUT2D eigenvalue weighted by Crippen LogP contribution is -2.58. The van der Waals surface area contributed by atoms with E-state index < -0.39 is 79.3 Å². The molecule has 0 aliphatic carbocycles. The summed E-state index contributed by atoms with van der Waals surface area (Å²) in [7, 11) is -4.38. The Morgan fingerprint density at radius 2 is 1.71 bits per heavy atom. The molecule has 316 valence electrons. The molecule has 1 aliphatic heterocycles. The number of nitrogens with one attached hydrogen (secondary N) is 2. The van der Waals surface area contributed by atoms with Gasteiger partial charge in [-0.05, 0) is 63.4 Å². The molecule has 58 heavy (non-hydrogen) atoms. The van der Waals surface area contributed by atoms with Crippen LogP contribution in [0.3, 0.4) is 0 Å². The van der Waals surface area contributed by atoms with Gasteiger partial charge in [0.25, 0.3) is 5.91 Å². The SMILES string of the molecule is CCOC(=O)[C@@H]1C[C@H](NC(=O)c2cc(S(N)(=O)=O)c(Cl)cc2NCc2ccco2)CN1C(=O)[C@H](C)N(C(=O)OCC(Cl)(Cl)Cl)[C@@H](CCc1ccccc1)C(=O)OCC. The fraction of sp³-hybridized carbons (Fsp3) is 0.432. The highest BCUT2D eigenvalue weighted by molar-refractivity contribution is 7.89. The molecule has 21 heteroatoms. The van der Waals surface area contributed by atoms with Crippen LogP contribution >= 0.6 is 46.4 Å². The number of anilines is 1. The molecule has 0 unspecified atom stereocenters. The van der Waals surface area contributed by atoms with Crippen LogP contribution in [-0.4, -0.2) is 102 Å². The normalized spacial score (nSPS) is 16.5. The van der Waals surface area contributed by atoms with E-state index in [9.17, 15) is 32.4 Å². The van der Waals surface area contributed by atoms with Crippen LogP contribution in [0.15, 0.2) is 70.2 Å². The van der Waals surface area contributed by atoms with Crippen LogP contribution in [0.5, 0.6) is 0 Å². The van der Waals surface area contributed by atoms with E-state index in [1.165, 1.54) is 19.3 Å². The number of benzene rings is 2. The number of nitrogens with zero attached hydrogens (tertiary/aromatic N) is 2. The Kier molecular flexibility index (Phi) is 16.5. The molecule has 2 aromatic carbocycles. The number of rotatable bonds is 17. The first-order chi connectivity index (χ1) is 27.3. The summed E-state index contributed by atoms with van der Waals surface area (Å²) in [4.78, 5) is 70.6. The van der Waals surface area contributed by atoms with Gasteiger partial charge in [-0.15, -0.1) is 0 Å². The highest BCUT2D eigenvalue weighted by Gasteiger charge is 2.47. The van der Waals surface area contributed by atoms with E-state index in [1.54, 1.807) is 38.1 Å². The van der Waals surface area contributed by atoms with Crippen molar-refractivity contribution < 1.29 is 51.0 Å². The maximum absolute atomic E-state index is 14.5. The summed E-state index contributed by atoms with van der Waals surface area (Å²) in [5, 5.41) is 10.9. The fourth-order valence-electron chi connectivity index (χ4n) is 6.30. The summed E-state index contributed by atoms with van der Waals surface area (Å²) in [6.07, 6.45) is 0.378. The van der Waals surface area contributed by atoms with Crippen molar-refractivity contribution in [2.45, 2.75) is 79.4 Å². The van der Waals surface area contributed by atoms with Crippen LogP contribution in [0.4, 0.5) is 10.5 Å². The first kappa shape index (κ1) is 46.4. The zero-order valence-electron chi connectivity index (χ0n) is 31.6. The van der Waals surface area contributed by atoms with Crippen LogP contribution in [0.2, 0.25) is 5.02 Å². The monoisotopic (exact) mass is 905 g/mol. The number of aryl methyl sites for hydroxylation is 1. The third-order valence-electron chi connectivity index (χ3n) is 8.92. The summed E-state index contributed by atoms with van der Waals surface area (Å²) in [5.41, 5.74) is 0.767. The van der Waals surface area contributed by atoms with Gasteiger partial charge in [-0.2, -0.15) is 0 Å². The van der Waals surface area contributed by atoms with E-state index in [1.807, 2.05) is 18.2 Å². The highest BCUT2D eigenvalue weighted by Crippen LogP contribution is 2.31. The molecule has 2 heterocycles. The zero-order valence-corrected chi connectivity index (χ0v) is 35.5. The topological polar surface area (TPSA) is 217 Å². The van der Waals surface area contributed by atoms with Crippen LogP contribution in [0, 0.1) is 0 Å². The maximum atomic E-state index is 14.5. The molecule has 4 atom stereocenters. The smallest absolute Gasteiger partial charge is 0.411 e. The van der Waals surface area contributed by atoms with Crippen LogP contribution in [-0.2, 0) is 51.6 Å². The quantitative estimate of drug-likeness (QED) is 0.0904. The number of carbonyl (C=O) groups is 5. The lowest BCUT2D eigenvalue weighted by Gasteiger charge is -2.36. The average molecular weight is 908 g/mol. The number of amides is 3. The summed E-state index contributed by atoms with van der Waals surface area (Å²) in [5.74, 6) is -2.78. The second-order valence-electron chi connectivity index (χ2n) is 13.0. The largest absolute Gasteiger partial charge is 0.467 e. The number of likely N-dealkylation sites (tertiary alicyclic amines) is 1. The lowest BCUT2D eigenvalue weighted by atomic mass is 10.0. The Balaban J connectivity index is 1.67. The molecular formula is C37H43Cl4N5O11S. The van der Waals surface area contributed by atoms with Gasteiger partial charge in [0.05, 0.1) is 36.6 Å². The number of hydrogen-bond donors (Lipinski definition) is 3. The minimum atomic E-state index is -4.38. The molecule has 0 saturated carbocycles. The van der Waals surface area contributed by atoms with Gasteiger partial charge in [-0.3, -0.25) is 14.5 Å². The first-order valence-corrected chi connectivity index (χ1v) is 21.0. The number of ether oxygens (including phenoxy) is 3. The number of sulfonamides is 1. The van der Waals surface area contributed by atoms with Crippen molar-refractivity contribution in [1.29, 1.82) is 0 Å². The average Bonchev–Trinajstić information content (AvgIpc) is 3.84. The predicted molar refractivity (Wildman–Crippen MR) is 215 cm³/mol. The van der Waals surface area contributed by atoms with E-state index in [0.717, 1.165) is 21.4 Å². The van der Waals surface area contributed by atoms with Crippen molar-refractivity contribution in [3.8, 4) is 0 Å². The number of alkyl halides is 3. The van der Waals surface area contributed by atoms with E-state index in [2.05, 4.69) is 10.6 Å². The summed E-state index contributed by atoms with van der Waals surface area (Å²) >= 11 is 23.9. The van der Waals surface area contributed by atoms with Gasteiger partial charge in [-0.1, -0.05) is 76.7 Å². The Morgan fingerprint density at radius 3 is 2.31 bits per heavy atom.